The molecule has 1 unspecified atom stereocenters. The van der Waals surface area contributed by atoms with Crippen LogP contribution in [-0.4, -0.2) is 30.9 Å². The smallest absolute Gasteiger partial charge is 0.244 e. The molecule has 0 spiro atoms. The number of fused-ring (bicyclic) bond motifs is 3. The second-order valence-corrected chi connectivity index (χ2v) is 6.78. The molecule has 2 aromatic carbocycles. The molecule has 7 heteroatoms. The van der Waals surface area contributed by atoms with Gasteiger partial charge in [0, 0.05) is 10.8 Å². The van der Waals surface area contributed by atoms with Crippen LogP contribution in [0.2, 0.25) is 0 Å². The molecule has 0 fully saturated rings. The molecule has 0 radical (unpaired) electrons. The first-order valence-electron chi connectivity index (χ1n) is 7.52. The van der Waals surface area contributed by atoms with Crippen LogP contribution in [-0.2, 0) is 0 Å². The summed E-state index contributed by atoms with van der Waals surface area (Å²) in [6.45, 7) is 1.85. The zero-order valence-corrected chi connectivity index (χ0v) is 13.7. The third-order valence-electron chi connectivity index (χ3n) is 3.91. The van der Waals surface area contributed by atoms with Gasteiger partial charge >= 0.3 is 0 Å². The summed E-state index contributed by atoms with van der Waals surface area (Å²) in [6.07, 6.45) is 0. The van der Waals surface area contributed by atoms with E-state index in [1.807, 2.05) is 55.5 Å². The van der Waals surface area contributed by atoms with Crippen LogP contribution < -0.4 is 5.73 Å². The number of carbonyl (C=O) groups is 1. The van der Waals surface area contributed by atoms with Gasteiger partial charge in [0.2, 0.25) is 17.0 Å². The predicted molar refractivity (Wildman–Crippen MR) is 96.2 cm³/mol. The minimum absolute atomic E-state index is 0.0132. The minimum Gasteiger partial charge on any atom is -0.368 e. The lowest BCUT2D eigenvalue weighted by Crippen LogP contribution is -2.21. The van der Waals surface area contributed by atoms with Gasteiger partial charge in [-0.05, 0) is 19.1 Å². The third-order valence-corrected chi connectivity index (χ3v) is 4.86. The Morgan fingerprint density at radius 1 is 1.12 bits per heavy atom. The number of rotatable bonds is 3. The van der Waals surface area contributed by atoms with Crippen LogP contribution in [0.5, 0.6) is 0 Å². The van der Waals surface area contributed by atoms with Gasteiger partial charge in [-0.15, -0.1) is 5.10 Å². The Kier molecular flexibility index (Phi) is 3.50. The standard InChI is InChI=1S/C17H15N5OS/c1-10(24-17-19-16(18)20-21-17)15(23)22-13-8-4-2-6-11(13)12-7-3-5-9-14(12)22/h2-10H,1H3,(H3,18,19,20,21). The van der Waals surface area contributed by atoms with Crippen molar-refractivity contribution in [3.63, 3.8) is 0 Å². The Morgan fingerprint density at radius 2 is 1.71 bits per heavy atom. The average Bonchev–Trinajstić information content (AvgIpc) is 3.15. The maximum Gasteiger partial charge on any atom is 0.244 e. The normalized spacial score (nSPS) is 12.7. The van der Waals surface area contributed by atoms with E-state index in [1.165, 1.54) is 11.8 Å². The van der Waals surface area contributed by atoms with Gasteiger partial charge < -0.3 is 5.73 Å². The number of benzene rings is 2. The Morgan fingerprint density at radius 3 is 2.25 bits per heavy atom. The monoisotopic (exact) mass is 337 g/mol. The summed E-state index contributed by atoms with van der Waals surface area (Å²) in [4.78, 5) is 17.1. The average molecular weight is 337 g/mol. The predicted octanol–water partition coefficient (Wildman–Crippen LogP) is 3.32. The van der Waals surface area contributed by atoms with Gasteiger partial charge in [-0.2, -0.15) is 4.98 Å². The number of H-pyrrole nitrogens is 1. The molecule has 0 aliphatic rings. The fourth-order valence-corrected chi connectivity index (χ4v) is 3.63. The summed E-state index contributed by atoms with van der Waals surface area (Å²) in [7, 11) is 0. The van der Waals surface area contributed by atoms with Gasteiger partial charge in [0.05, 0.1) is 16.3 Å². The first kappa shape index (κ1) is 14.8. The number of carbonyl (C=O) groups excluding carboxylic acids is 1. The molecule has 120 valence electrons. The highest BCUT2D eigenvalue weighted by Gasteiger charge is 2.22. The molecule has 1 atom stereocenters. The number of hydrogen-bond acceptors (Lipinski definition) is 5. The lowest BCUT2D eigenvalue weighted by atomic mass is 10.2. The van der Waals surface area contributed by atoms with E-state index in [0.29, 0.717) is 5.16 Å². The van der Waals surface area contributed by atoms with Crippen molar-refractivity contribution in [2.75, 3.05) is 5.73 Å². The third kappa shape index (κ3) is 2.33. The molecule has 24 heavy (non-hydrogen) atoms. The van der Waals surface area contributed by atoms with Crippen molar-refractivity contribution >= 4 is 45.4 Å². The number of para-hydroxylation sites is 2. The Hall–Kier alpha value is -2.80. The highest BCUT2D eigenvalue weighted by molar-refractivity contribution is 8.00. The van der Waals surface area contributed by atoms with E-state index >= 15 is 0 Å². The molecule has 2 aromatic heterocycles. The fraction of sp³-hybridized carbons (Fsp3) is 0.118. The molecular weight excluding hydrogens is 322 g/mol. The largest absolute Gasteiger partial charge is 0.368 e. The number of nitrogens with two attached hydrogens (primary N) is 1. The summed E-state index contributed by atoms with van der Waals surface area (Å²) >= 11 is 1.28. The number of nitrogens with zero attached hydrogens (tertiary/aromatic N) is 3. The topological polar surface area (TPSA) is 89.6 Å². The zero-order chi connectivity index (χ0) is 16.7. The van der Waals surface area contributed by atoms with Crippen LogP contribution in [0, 0.1) is 0 Å². The lowest BCUT2D eigenvalue weighted by molar-refractivity contribution is 0.0925. The van der Waals surface area contributed by atoms with E-state index in [2.05, 4.69) is 15.2 Å². The Labute approximate surface area is 142 Å². The number of anilines is 1. The zero-order valence-electron chi connectivity index (χ0n) is 12.9. The highest BCUT2D eigenvalue weighted by atomic mass is 32.2. The summed E-state index contributed by atoms with van der Waals surface area (Å²) < 4.78 is 1.78. The van der Waals surface area contributed by atoms with Crippen LogP contribution in [0.4, 0.5) is 5.95 Å². The molecule has 3 N–H and O–H groups in total. The van der Waals surface area contributed by atoms with Crippen LogP contribution in [0.3, 0.4) is 0 Å². The number of nitrogen functional groups attached to an aromatic ring is 1. The second-order valence-electron chi connectivity index (χ2n) is 5.47. The quantitative estimate of drug-likeness (QED) is 0.560. The van der Waals surface area contributed by atoms with Gasteiger partial charge in [-0.1, -0.05) is 48.2 Å². The van der Waals surface area contributed by atoms with Crippen molar-refractivity contribution in [2.45, 2.75) is 17.3 Å². The summed E-state index contributed by atoms with van der Waals surface area (Å²) in [5.41, 5.74) is 7.36. The van der Waals surface area contributed by atoms with E-state index in [4.69, 9.17) is 5.73 Å². The van der Waals surface area contributed by atoms with Gasteiger partial charge in [0.1, 0.15) is 0 Å². The molecule has 2 heterocycles. The molecule has 0 bridgehead atoms. The van der Waals surface area contributed by atoms with E-state index < -0.39 is 0 Å². The number of hydrogen-bond donors (Lipinski definition) is 2. The number of thioether (sulfide) groups is 1. The van der Waals surface area contributed by atoms with Gasteiger partial charge in [-0.25, -0.2) is 5.10 Å². The second kappa shape index (κ2) is 5.68. The SMILES string of the molecule is CC(Sc1n[nH]c(N)n1)C(=O)n1c2ccccc2c2ccccc21. The van der Waals surface area contributed by atoms with Gasteiger partial charge in [0.25, 0.3) is 0 Å². The maximum absolute atomic E-state index is 13.1. The summed E-state index contributed by atoms with van der Waals surface area (Å²) in [5.74, 6) is 0.231. The van der Waals surface area contributed by atoms with E-state index in [0.717, 1.165) is 21.8 Å². The van der Waals surface area contributed by atoms with Crippen LogP contribution in [0.1, 0.15) is 11.7 Å². The van der Waals surface area contributed by atoms with Crippen molar-refractivity contribution in [3.8, 4) is 0 Å². The van der Waals surface area contributed by atoms with Crippen molar-refractivity contribution in [3.05, 3.63) is 48.5 Å². The molecule has 4 rings (SSSR count). The molecule has 0 amide bonds. The first-order valence-corrected chi connectivity index (χ1v) is 8.40. The molecule has 6 nitrogen and oxygen atoms in total. The molecule has 0 saturated heterocycles. The Bertz CT molecular complexity index is 998. The van der Waals surface area contributed by atoms with Crippen molar-refractivity contribution in [1.29, 1.82) is 0 Å². The molecule has 0 aliphatic heterocycles. The van der Waals surface area contributed by atoms with Crippen LogP contribution >= 0.6 is 11.8 Å². The van der Waals surface area contributed by atoms with Crippen LogP contribution in [0.25, 0.3) is 21.8 Å². The molecular formula is C17H15N5OS. The Balaban J connectivity index is 1.80. The van der Waals surface area contributed by atoms with Crippen molar-refractivity contribution in [1.82, 2.24) is 19.7 Å². The molecule has 4 aromatic rings. The first-order chi connectivity index (χ1) is 11.6. The molecule has 0 saturated carbocycles. The maximum atomic E-state index is 13.1. The molecule has 0 aliphatic carbocycles. The van der Waals surface area contributed by atoms with Gasteiger partial charge in [0.15, 0.2) is 0 Å². The highest BCUT2D eigenvalue weighted by Crippen LogP contribution is 2.31. The van der Waals surface area contributed by atoms with E-state index in [-0.39, 0.29) is 17.1 Å². The fourth-order valence-electron chi connectivity index (χ4n) is 2.86. The van der Waals surface area contributed by atoms with E-state index in [9.17, 15) is 4.79 Å². The lowest BCUT2D eigenvalue weighted by Gasteiger charge is -2.11. The van der Waals surface area contributed by atoms with Crippen LogP contribution in [0.15, 0.2) is 53.7 Å². The number of nitrogens with one attached hydrogen (secondary N) is 1. The number of aromatic nitrogens is 4. The number of aromatic amines is 1. The van der Waals surface area contributed by atoms with E-state index in [1.54, 1.807) is 4.57 Å². The van der Waals surface area contributed by atoms with Crippen molar-refractivity contribution in [2.24, 2.45) is 0 Å². The van der Waals surface area contributed by atoms with Crippen molar-refractivity contribution < 1.29 is 4.79 Å². The minimum atomic E-state index is -0.348. The van der Waals surface area contributed by atoms with Gasteiger partial charge in [-0.3, -0.25) is 9.36 Å². The summed E-state index contributed by atoms with van der Waals surface area (Å²) in [5, 5.41) is 8.83. The summed E-state index contributed by atoms with van der Waals surface area (Å²) in [6, 6.07) is 15.9.